The van der Waals surface area contributed by atoms with Crippen LogP contribution in [0, 0.1) is 10.1 Å². The highest BCUT2D eigenvalue weighted by Crippen LogP contribution is 2.24. The van der Waals surface area contributed by atoms with Crippen molar-refractivity contribution < 1.29 is 13.9 Å². The topological polar surface area (TPSA) is 121 Å². The minimum absolute atomic E-state index is 0.00981. The third-order valence-corrected chi connectivity index (χ3v) is 1.42. The van der Waals surface area contributed by atoms with Crippen molar-refractivity contribution in [1.82, 2.24) is 10.1 Å². The van der Waals surface area contributed by atoms with E-state index in [2.05, 4.69) is 14.7 Å². The predicted molar refractivity (Wildman–Crippen MR) is 43.1 cm³/mol. The number of nitro groups is 1. The van der Waals surface area contributed by atoms with E-state index in [1.165, 1.54) is 12.1 Å². The molecular formula is C6H4N4O4. The molecule has 0 aliphatic heterocycles. The largest absolute Gasteiger partial charge is 0.433 e. The maximum absolute atomic E-state index is 10.3. The van der Waals surface area contributed by atoms with E-state index < -0.39 is 10.8 Å². The van der Waals surface area contributed by atoms with Gasteiger partial charge in [-0.15, -0.1) is 0 Å². The van der Waals surface area contributed by atoms with Crippen molar-refractivity contribution in [3.63, 3.8) is 0 Å². The van der Waals surface area contributed by atoms with Gasteiger partial charge in [-0.1, -0.05) is 0 Å². The minimum Gasteiger partial charge on any atom is -0.395 e. The highest BCUT2D eigenvalue weighted by atomic mass is 16.6. The van der Waals surface area contributed by atoms with E-state index in [4.69, 9.17) is 10.2 Å². The summed E-state index contributed by atoms with van der Waals surface area (Å²) >= 11 is 0. The lowest BCUT2D eigenvalue weighted by Crippen LogP contribution is -1.85. The fourth-order valence-corrected chi connectivity index (χ4v) is 0.876. The second kappa shape index (κ2) is 2.83. The molecule has 2 aromatic rings. The lowest BCUT2D eigenvalue weighted by Gasteiger charge is -1.83. The molecule has 2 N–H and O–H groups in total. The molecule has 72 valence electrons. The van der Waals surface area contributed by atoms with Gasteiger partial charge in [0.15, 0.2) is 5.76 Å². The number of nitrogens with zero attached hydrogens (tertiary/aromatic N) is 3. The van der Waals surface area contributed by atoms with Gasteiger partial charge in [-0.3, -0.25) is 10.1 Å². The molecule has 0 bridgehead atoms. The van der Waals surface area contributed by atoms with Crippen LogP contribution in [0.5, 0.6) is 0 Å². The molecule has 2 rings (SSSR count). The Balaban J connectivity index is 2.38. The zero-order chi connectivity index (χ0) is 10.1. The molecule has 0 saturated carbocycles. The van der Waals surface area contributed by atoms with Gasteiger partial charge in [-0.2, -0.15) is 4.98 Å². The second-order valence-electron chi connectivity index (χ2n) is 2.35. The molecule has 2 aromatic heterocycles. The fourth-order valence-electron chi connectivity index (χ4n) is 0.876. The van der Waals surface area contributed by atoms with E-state index in [0.29, 0.717) is 0 Å². The van der Waals surface area contributed by atoms with Gasteiger partial charge in [0.05, 0.1) is 6.07 Å². The minimum atomic E-state index is -0.663. The summed E-state index contributed by atoms with van der Waals surface area (Å²) in [7, 11) is 0. The molecule has 0 aliphatic carbocycles. The quantitative estimate of drug-likeness (QED) is 0.557. The Bertz CT molecular complexity index is 474. The Morgan fingerprint density at radius 3 is 2.79 bits per heavy atom. The van der Waals surface area contributed by atoms with E-state index in [9.17, 15) is 10.1 Å². The Hall–Kier alpha value is -2.38. The zero-order valence-electron chi connectivity index (χ0n) is 6.71. The number of anilines is 1. The summed E-state index contributed by atoms with van der Waals surface area (Å²) in [4.78, 5) is 13.2. The number of aromatic nitrogens is 2. The number of nitrogens with two attached hydrogens (primary N) is 1. The van der Waals surface area contributed by atoms with Crippen molar-refractivity contribution in [1.29, 1.82) is 0 Å². The number of furan rings is 1. The van der Waals surface area contributed by atoms with Crippen molar-refractivity contribution in [2.45, 2.75) is 0 Å². The van der Waals surface area contributed by atoms with Crippen molar-refractivity contribution in [2.24, 2.45) is 0 Å². The molecule has 14 heavy (non-hydrogen) atoms. The SMILES string of the molecule is Nc1noc(-c2ccc([N+](=O)[O-])o2)n1. The molecule has 0 amide bonds. The Morgan fingerprint density at radius 1 is 1.50 bits per heavy atom. The van der Waals surface area contributed by atoms with Crippen molar-refractivity contribution >= 4 is 11.8 Å². The molecule has 8 heteroatoms. The molecule has 0 spiro atoms. The number of nitrogen functional groups attached to an aromatic ring is 1. The summed E-state index contributed by atoms with van der Waals surface area (Å²) in [6.45, 7) is 0. The van der Waals surface area contributed by atoms with E-state index in [1.54, 1.807) is 0 Å². The number of rotatable bonds is 2. The van der Waals surface area contributed by atoms with E-state index in [-0.39, 0.29) is 17.6 Å². The van der Waals surface area contributed by atoms with Crippen LogP contribution in [0.1, 0.15) is 0 Å². The Morgan fingerprint density at radius 2 is 2.29 bits per heavy atom. The van der Waals surface area contributed by atoms with Crippen LogP contribution in [0.2, 0.25) is 0 Å². The monoisotopic (exact) mass is 196 g/mol. The molecule has 0 saturated heterocycles. The normalized spacial score (nSPS) is 10.3. The van der Waals surface area contributed by atoms with Crippen LogP contribution in [0.4, 0.5) is 11.8 Å². The molecule has 0 fully saturated rings. The van der Waals surface area contributed by atoms with Gasteiger partial charge in [-0.05, 0) is 11.2 Å². The summed E-state index contributed by atoms with van der Waals surface area (Å²) in [6, 6.07) is 2.54. The summed E-state index contributed by atoms with van der Waals surface area (Å²) in [5.41, 5.74) is 5.19. The first-order valence-corrected chi connectivity index (χ1v) is 3.50. The Labute approximate surface area is 76.5 Å². The molecule has 2 heterocycles. The van der Waals surface area contributed by atoms with Crippen LogP contribution < -0.4 is 5.73 Å². The molecule has 0 radical (unpaired) electrons. The molecule has 0 aliphatic rings. The molecule has 8 nitrogen and oxygen atoms in total. The maximum atomic E-state index is 10.3. The third-order valence-electron chi connectivity index (χ3n) is 1.42. The summed E-state index contributed by atoms with van der Waals surface area (Å²) in [5.74, 6) is -0.327. The summed E-state index contributed by atoms with van der Waals surface area (Å²) in [5, 5.41) is 13.6. The van der Waals surface area contributed by atoms with Crippen LogP contribution in [0.15, 0.2) is 21.1 Å². The average Bonchev–Trinajstić information content (AvgIpc) is 2.70. The first-order valence-electron chi connectivity index (χ1n) is 3.50. The molecule has 0 unspecified atom stereocenters. The fraction of sp³-hybridized carbons (Fsp3) is 0. The standard InChI is InChI=1S/C6H4N4O4/c7-6-8-5(14-9-6)3-1-2-4(13-3)10(11)12/h1-2H,(H2,7,9). The van der Waals surface area contributed by atoms with Crippen molar-refractivity contribution in [3.8, 4) is 11.7 Å². The number of hydrogen-bond acceptors (Lipinski definition) is 7. The van der Waals surface area contributed by atoms with Crippen LogP contribution in [0.25, 0.3) is 11.7 Å². The van der Waals surface area contributed by atoms with Gasteiger partial charge in [0.1, 0.15) is 4.92 Å². The molecule has 0 aromatic carbocycles. The van der Waals surface area contributed by atoms with Gasteiger partial charge in [0, 0.05) is 0 Å². The maximum Gasteiger partial charge on any atom is 0.433 e. The second-order valence-corrected chi connectivity index (χ2v) is 2.35. The van der Waals surface area contributed by atoms with Crippen LogP contribution in [0.3, 0.4) is 0 Å². The van der Waals surface area contributed by atoms with Crippen LogP contribution in [-0.4, -0.2) is 15.1 Å². The smallest absolute Gasteiger partial charge is 0.395 e. The molecular weight excluding hydrogens is 192 g/mol. The van der Waals surface area contributed by atoms with Crippen molar-refractivity contribution in [2.75, 3.05) is 5.73 Å². The first kappa shape index (κ1) is 8.23. The highest BCUT2D eigenvalue weighted by molar-refractivity contribution is 5.47. The lowest BCUT2D eigenvalue weighted by molar-refractivity contribution is -0.401. The van der Waals surface area contributed by atoms with E-state index in [1.807, 2.05) is 0 Å². The highest BCUT2D eigenvalue weighted by Gasteiger charge is 2.16. The van der Waals surface area contributed by atoms with Gasteiger partial charge >= 0.3 is 5.88 Å². The van der Waals surface area contributed by atoms with Gasteiger partial charge in [0.25, 0.3) is 11.8 Å². The van der Waals surface area contributed by atoms with Gasteiger partial charge in [-0.25, -0.2) is 0 Å². The first-order chi connectivity index (χ1) is 6.66. The average molecular weight is 196 g/mol. The van der Waals surface area contributed by atoms with Gasteiger partial charge < -0.3 is 14.7 Å². The lowest BCUT2D eigenvalue weighted by atomic mass is 10.4. The van der Waals surface area contributed by atoms with Crippen LogP contribution in [-0.2, 0) is 0 Å². The van der Waals surface area contributed by atoms with Crippen molar-refractivity contribution in [3.05, 3.63) is 22.2 Å². The van der Waals surface area contributed by atoms with Gasteiger partial charge in [0.2, 0.25) is 0 Å². The predicted octanol–water partition coefficient (Wildman–Crippen LogP) is 0.820. The number of hydrogen-bond donors (Lipinski definition) is 1. The van der Waals surface area contributed by atoms with Crippen LogP contribution >= 0.6 is 0 Å². The van der Waals surface area contributed by atoms with E-state index in [0.717, 1.165) is 0 Å². The molecule has 0 atom stereocenters. The van der Waals surface area contributed by atoms with E-state index >= 15 is 0 Å². The Kier molecular flexibility index (Phi) is 1.67. The third kappa shape index (κ3) is 1.28. The summed E-state index contributed by atoms with van der Waals surface area (Å²) in [6.07, 6.45) is 0. The summed E-state index contributed by atoms with van der Waals surface area (Å²) < 4.78 is 9.43. The zero-order valence-corrected chi connectivity index (χ0v) is 6.71.